The van der Waals surface area contributed by atoms with Gasteiger partial charge >= 0.3 is 0 Å². The molecule has 106 valence electrons. The zero-order chi connectivity index (χ0) is 14.7. The smallest absolute Gasteiger partial charge is 0.269 e. The van der Waals surface area contributed by atoms with Gasteiger partial charge in [0.1, 0.15) is 5.15 Å². The number of rotatable bonds is 5. The van der Waals surface area contributed by atoms with E-state index in [1.807, 2.05) is 0 Å². The van der Waals surface area contributed by atoms with Gasteiger partial charge in [-0.15, -0.1) is 0 Å². The van der Waals surface area contributed by atoms with Gasteiger partial charge in [0.2, 0.25) is 0 Å². The Labute approximate surface area is 119 Å². The molecule has 0 saturated heterocycles. The lowest BCUT2D eigenvalue weighted by Gasteiger charge is -2.02. The molecule has 0 bridgehead atoms. The number of aliphatic hydroxyl groups is 1. The fraction of sp³-hybridized carbons (Fsp3) is 0.250. The van der Waals surface area contributed by atoms with Gasteiger partial charge in [-0.05, 0) is 12.1 Å². The van der Waals surface area contributed by atoms with Crippen LogP contribution in [0, 0.1) is 10.1 Å². The maximum Gasteiger partial charge on any atom is 0.269 e. The van der Waals surface area contributed by atoms with Crippen LogP contribution in [0.5, 0.6) is 0 Å². The van der Waals surface area contributed by atoms with E-state index in [0.29, 0.717) is 16.9 Å². The molecule has 2 aromatic rings. The van der Waals surface area contributed by atoms with Crippen molar-refractivity contribution in [2.24, 2.45) is 0 Å². The van der Waals surface area contributed by atoms with Crippen LogP contribution in [0.4, 0.5) is 5.69 Å². The Hall–Kier alpha value is -1.96. The number of non-ortho nitro benzene ring substituents is 1. The summed E-state index contributed by atoms with van der Waals surface area (Å²) in [4.78, 5) is 10.1. The van der Waals surface area contributed by atoms with Gasteiger partial charge in [-0.2, -0.15) is 5.10 Å². The quantitative estimate of drug-likeness (QED) is 0.674. The highest BCUT2D eigenvalue weighted by Crippen LogP contribution is 2.25. The Morgan fingerprint density at radius 3 is 2.60 bits per heavy atom. The Morgan fingerprint density at radius 1 is 1.45 bits per heavy atom. The van der Waals surface area contributed by atoms with E-state index in [-0.39, 0.29) is 24.1 Å². The molecule has 0 radical (unpaired) electrons. The SMILES string of the molecule is COCc1nn(-c2ccc([N+](=O)[O-])cc2)c(Cl)c1CO. The molecule has 0 amide bonds. The van der Waals surface area contributed by atoms with Crippen LogP contribution >= 0.6 is 11.6 Å². The van der Waals surface area contributed by atoms with E-state index < -0.39 is 4.92 Å². The largest absolute Gasteiger partial charge is 0.391 e. The van der Waals surface area contributed by atoms with Crippen molar-refractivity contribution in [2.45, 2.75) is 13.2 Å². The summed E-state index contributed by atoms with van der Waals surface area (Å²) in [5.74, 6) is 0. The van der Waals surface area contributed by atoms with E-state index in [9.17, 15) is 15.2 Å². The van der Waals surface area contributed by atoms with Gasteiger partial charge in [-0.3, -0.25) is 10.1 Å². The maximum atomic E-state index is 10.6. The average Bonchev–Trinajstić information content (AvgIpc) is 2.75. The number of aromatic nitrogens is 2. The van der Waals surface area contributed by atoms with Crippen molar-refractivity contribution >= 4 is 17.3 Å². The first-order valence-electron chi connectivity index (χ1n) is 5.69. The number of benzene rings is 1. The van der Waals surface area contributed by atoms with Gasteiger partial charge < -0.3 is 9.84 Å². The zero-order valence-corrected chi connectivity index (χ0v) is 11.4. The average molecular weight is 298 g/mol. The van der Waals surface area contributed by atoms with Crippen molar-refractivity contribution in [2.75, 3.05) is 7.11 Å². The normalized spacial score (nSPS) is 10.8. The van der Waals surface area contributed by atoms with Gasteiger partial charge in [-0.25, -0.2) is 4.68 Å². The highest BCUT2D eigenvalue weighted by atomic mass is 35.5. The van der Waals surface area contributed by atoms with E-state index in [1.54, 1.807) is 0 Å². The third-order valence-corrected chi connectivity index (χ3v) is 3.14. The molecule has 1 N–H and O–H groups in total. The first kappa shape index (κ1) is 14.4. The van der Waals surface area contributed by atoms with Crippen molar-refractivity contribution in [3.63, 3.8) is 0 Å². The van der Waals surface area contributed by atoms with Crippen LogP contribution in [0.2, 0.25) is 5.15 Å². The Balaban J connectivity index is 2.44. The lowest BCUT2D eigenvalue weighted by atomic mass is 10.2. The molecule has 0 aliphatic heterocycles. The highest BCUT2D eigenvalue weighted by molar-refractivity contribution is 6.30. The monoisotopic (exact) mass is 297 g/mol. The van der Waals surface area contributed by atoms with Crippen molar-refractivity contribution in [1.82, 2.24) is 9.78 Å². The number of methoxy groups -OCH3 is 1. The fourth-order valence-corrected chi connectivity index (χ4v) is 2.07. The molecular formula is C12H12ClN3O4. The number of nitro benzene ring substituents is 1. The number of halogens is 1. The minimum Gasteiger partial charge on any atom is -0.391 e. The lowest BCUT2D eigenvalue weighted by Crippen LogP contribution is -1.98. The molecule has 1 aromatic carbocycles. The molecule has 1 heterocycles. The lowest BCUT2D eigenvalue weighted by molar-refractivity contribution is -0.384. The van der Waals surface area contributed by atoms with Gasteiger partial charge in [0, 0.05) is 24.8 Å². The summed E-state index contributed by atoms with van der Waals surface area (Å²) in [7, 11) is 1.51. The molecular weight excluding hydrogens is 286 g/mol. The summed E-state index contributed by atoms with van der Waals surface area (Å²) in [5, 5.41) is 24.4. The molecule has 0 fully saturated rings. The number of hydrogen-bond acceptors (Lipinski definition) is 5. The highest BCUT2D eigenvalue weighted by Gasteiger charge is 2.17. The molecule has 0 saturated carbocycles. The van der Waals surface area contributed by atoms with Crippen molar-refractivity contribution in [3.05, 3.63) is 50.8 Å². The third kappa shape index (κ3) is 2.64. The molecule has 0 unspecified atom stereocenters. The first-order chi connectivity index (χ1) is 9.58. The molecule has 2 rings (SSSR count). The second kappa shape index (κ2) is 6.00. The van der Waals surface area contributed by atoms with Crippen LogP contribution in [0.25, 0.3) is 5.69 Å². The minimum atomic E-state index is -0.482. The summed E-state index contributed by atoms with van der Waals surface area (Å²) in [5.41, 5.74) is 1.56. The molecule has 0 spiro atoms. The fourth-order valence-electron chi connectivity index (χ4n) is 1.77. The van der Waals surface area contributed by atoms with Crippen LogP contribution in [0.15, 0.2) is 24.3 Å². The molecule has 0 aliphatic rings. The number of nitro groups is 1. The second-order valence-corrected chi connectivity index (χ2v) is 4.35. The predicted octanol–water partition coefficient (Wildman–Crippen LogP) is 2.07. The van der Waals surface area contributed by atoms with Crippen LogP contribution in [0.1, 0.15) is 11.3 Å². The van der Waals surface area contributed by atoms with E-state index >= 15 is 0 Å². The van der Waals surface area contributed by atoms with Crippen molar-refractivity contribution in [1.29, 1.82) is 0 Å². The Bertz CT molecular complexity index is 624. The van der Waals surface area contributed by atoms with E-state index in [2.05, 4.69) is 5.10 Å². The molecule has 8 heteroatoms. The standard InChI is InChI=1S/C12H12ClN3O4/c1-20-7-11-10(6-17)12(13)15(14-11)8-2-4-9(5-3-8)16(18)19/h2-5,17H,6-7H2,1H3. The Morgan fingerprint density at radius 2 is 2.10 bits per heavy atom. The summed E-state index contributed by atoms with van der Waals surface area (Å²) >= 11 is 6.15. The van der Waals surface area contributed by atoms with Gasteiger partial charge in [0.25, 0.3) is 5.69 Å². The van der Waals surface area contributed by atoms with E-state index in [4.69, 9.17) is 16.3 Å². The third-order valence-electron chi connectivity index (χ3n) is 2.75. The second-order valence-electron chi connectivity index (χ2n) is 3.99. The number of hydrogen-bond donors (Lipinski definition) is 1. The topological polar surface area (TPSA) is 90.4 Å². The van der Waals surface area contributed by atoms with Crippen LogP contribution in [0.3, 0.4) is 0 Å². The van der Waals surface area contributed by atoms with Crippen molar-refractivity contribution < 1.29 is 14.8 Å². The first-order valence-corrected chi connectivity index (χ1v) is 6.07. The molecule has 7 nitrogen and oxygen atoms in total. The minimum absolute atomic E-state index is 0.0171. The van der Waals surface area contributed by atoms with E-state index in [0.717, 1.165) is 0 Å². The van der Waals surface area contributed by atoms with E-state index in [1.165, 1.54) is 36.1 Å². The summed E-state index contributed by atoms with van der Waals surface area (Å²) in [6, 6.07) is 5.80. The number of aliphatic hydroxyl groups excluding tert-OH is 1. The van der Waals surface area contributed by atoms with Gasteiger partial charge in [0.15, 0.2) is 0 Å². The van der Waals surface area contributed by atoms with Crippen LogP contribution in [-0.2, 0) is 18.0 Å². The Kier molecular flexibility index (Phi) is 4.33. The molecule has 0 atom stereocenters. The maximum absolute atomic E-state index is 10.6. The van der Waals surface area contributed by atoms with Gasteiger partial charge in [-0.1, -0.05) is 11.6 Å². The summed E-state index contributed by atoms with van der Waals surface area (Å²) in [6.45, 7) is -0.0416. The van der Waals surface area contributed by atoms with Crippen LogP contribution in [-0.4, -0.2) is 26.9 Å². The molecule has 0 aliphatic carbocycles. The number of ether oxygens (including phenoxy) is 1. The predicted molar refractivity (Wildman–Crippen MR) is 71.9 cm³/mol. The molecule has 20 heavy (non-hydrogen) atoms. The van der Waals surface area contributed by atoms with Crippen LogP contribution < -0.4 is 0 Å². The van der Waals surface area contributed by atoms with Crippen molar-refractivity contribution in [3.8, 4) is 5.69 Å². The summed E-state index contributed by atoms with van der Waals surface area (Å²) in [6.07, 6.45) is 0. The zero-order valence-electron chi connectivity index (χ0n) is 10.6. The molecule has 1 aromatic heterocycles. The summed E-state index contributed by atoms with van der Waals surface area (Å²) < 4.78 is 6.40. The van der Waals surface area contributed by atoms with Gasteiger partial charge in [0.05, 0.1) is 29.5 Å². The number of nitrogens with zero attached hydrogens (tertiary/aromatic N) is 3.